The number of alkyl halides is 3. The number of carbonyl (C=O) groups excluding carboxylic acids is 1. The van der Waals surface area contributed by atoms with Gasteiger partial charge in [-0.15, -0.1) is 0 Å². The van der Waals surface area contributed by atoms with Crippen LogP contribution in [-0.4, -0.2) is 41.3 Å². The molecule has 34 heavy (non-hydrogen) atoms. The number of anilines is 2. The van der Waals surface area contributed by atoms with E-state index in [2.05, 4.69) is 5.32 Å². The maximum absolute atomic E-state index is 12.6. The number of rotatable bonds is 6. The van der Waals surface area contributed by atoms with E-state index in [9.17, 15) is 27.9 Å². The lowest BCUT2D eigenvalue weighted by atomic mass is 10.1. The lowest BCUT2D eigenvalue weighted by Gasteiger charge is -2.23. The van der Waals surface area contributed by atoms with Crippen molar-refractivity contribution in [2.24, 2.45) is 0 Å². The van der Waals surface area contributed by atoms with Crippen molar-refractivity contribution in [3.63, 3.8) is 0 Å². The molecule has 3 aromatic carbocycles. The Labute approximate surface area is 193 Å². The van der Waals surface area contributed by atoms with Crippen LogP contribution in [0.15, 0.2) is 78.9 Å². The molecule has 0 atom stereocenters. The van der Waals surface area contributed by atoms with Crippen molar-refractivity contribution in [2.75, 3.05) is 17.3 Å². The molecule has 0 aliphatic rings. The zero-order valence-corrected chi connectivity index (χ0v) is 17.9. The fraction of sp³-hybridized carbons (Fsp3) is 0.125. The molecule has 0 bridgehead atoms. The summed E-state index contributed by atoms with van der Waals surface area (Å²) in [6, 6.07) is 23.5. The highest BCUT2D eigenvalue weighted by atomic mass is 19.4. The summed E-state index contributed by atoms with van der Waals surface area (Å²) >= 11 is 0. The van der Waals surface area contributed by atoms with Crippen LogP contribution in [-0.2, 0) is 11.3 Å². The van der Waals surface area contributed by atoms with E-state index in [0.717, 1.165) is 11.3 Å². The van der Waals surface area contributed by atoms with Crippen LogP contribution in [0.5, 0.6) is 0 Å². The number of aliphatic carboxylic acids is 1. The first kappa shape index (κ1) is 25.9. The smallest absolute Gasteiger partial charge is 0.478 e. The number of carboxylic acids is 2. The predicted molar refractivity (Wildman–Crippen MR) is 120 cm³/mol. The van der Waals surface area contributed by atoms with Crippen molar-refractivity contribution in [2.45, 2.75) is 12.7 Å². The molecule has 0 aromatic heterocycles. The molecule has 1 amide bonds. The van der Waals surface area contributed by atoms with Crippen LogP contribution in [0.3, 0.4) is 0 Å². The molecule has 0 spiro atoms. The average Bonchev–Trinajstić information content (AvgIpc) is 2.80. The van der Waals surface area contributed by atoms with Crippen molar-refractivity contribution >= 4 is 29.2 Å². The standard InChI is InChI=1S/C22H20N2O3.C2HF3O2/c1-24(15-16-8-4-2-5-9-16)20-13-12-18(22(26)27)14-19(20)23-21(25)17-10-6-3-7-11-17;3-2(4,5)1(6)7/h2-14H,15H2,1H3,(H,23,25)(H,26,27);(H,6,7). The summed E-state index contributed by atoms with van der Waals surface area (Å²) in [5.41, 5.74) is 2.95. The number of halogens is 3. The lowest BCUT2D eigenvalue weighted by molar-refractivity contribution is -0.192. The molecular weight excluding hydrogens is 453 g/mol. The Hall–Kier alpha value is -4.34. The van der Waals surface area contributed by atoms with E-state index >= 15 is 0 Å². The summed E-state index contributed by atoms with van der Waals surface area (Å²) in [6.07, 6.45) is -5.08. The van der Waals surface area contributed by atoms with E-state index in [1.807, 2.05) is 48.3 Å². The minimum atomic E-state index is -5.08. The molecule has 0 unspecified atom stereocenters. The molecule has 3 N–H and O–H groups in total. The SMILES string of the molecule is CN(Cc1ccccc1)c1ccc(C(=O)O)cc1NC(=O)c1ccccc1.O=C(O)C(F)(F)F. The second-order valence-electron chi connectivity index (χ2n) is 7.00. The van der Waals surface area contributed by atoms with Crippen LogP contribution >= 0.6 is 0 Å². The molecule has 0 aliphatic heterocycles. The van der Waals surface area contributed by atoms with E-state index in [0.29, 0.717) is 17.8 Å². The van der Waals surface area contributed by atoms with E-state index in [4.69, 9.17) is 9.90 Å². The molecule has 0 saturated carbocycles. The highest BCUT2D eigenvalue weighted by molar-refractivity contribution is 6.06. The van der Waals surface area contributed by atoms with Crippen LogP contribution in [0.1, 0.15) is 26.3 Å². The van der Waals surface area contributed by atoms with Gasteiger partial charge < -0.3 is 20.4 Å². The number of carbonyl (C=O) groups is 3. The highest BCUT2D eigenvalue weighted by Gasteiger charge is 2.38. The molecule has 3 rings (SSSR count). The quantitative estimate of drug-likeness (QED) is 0.469. The number of carboxylic acid groups (broad SMARTS) is 2. The molecule has 0 saturated heterocycles. The molecular formula is C24H21F3N2O5. The Bertz CT molecular complexity index is 1140. The van der Waals surface area contributed by atoms with Crippen LogP contribution in [0.25, 0.3) is 0 Å². The maximum atomic E-state index is 12.6. The molecule has 0 aliphatic carbocycles. The number of amides is 1. The number of nitrogens with zero attached hydrogens (tertiary/aromatic N) is 1. The van der Waals surface area contributed by atoms with Gasteiger partial charge in [-0.3, -0.25) is 4.79 Å². The number of hydrogen-bond donors (Lipinski definition) is 3. The Balaban J connectivity index is 0.000000509. The second-order valence-corrected chi connectivity index (χ2v) is 7.00. The van der Waals surface area contributed by atoms with Gasteiger partial charge in [0.1, 0.15) is 0 Å². The summed E-state index contributed by atoms with van der Waals surface area (Å²) in [7, 11) is 1.90. The van der Waals surface area contributed by atoms with Gasteiger partial charge >= 0.3 is 18.1 Å². The van der Waals surface area contributed by atoms with Crippen LogP contribution in [0, 0.1) is 0 Å². The summed E-state index contributed by atoms with van der Waals surface area (Å²) in [5.74, 6) is -4.08. The van der Waals surface area contributed by atoms with Crippen LogP contribution in [0.2, 0.25) is 0 Å². The van der Waals surface area contributed by atoms with Gasteiger partial charge in [-0.2, -0.15) is 13.2 Å². The topological polar surface area (TPSA) is 107 Å². The number of aromatic carboxylic acids is 1. The second kappa shape index (κ2) is 11.5. The van der Waals surface area contributed by atoms with Gasteiger partial charge in [-0.05, 0) is 35.9 Å². The first-order chi connectivity index (χ1) is 16.0. The fourth-order valence-electron chi connectivity index (χ4n) is 2.83. The van der Waals surface area contributed by atoms with E-state index < -0.39 is 18.1 Å². The first-order valence-corrected chi connectivity index (χ1v) is 9.78. The van der Waals surface area contributed by atoms with Gasteiger partial charge in [0.25, 0.3) is 5.91 Å². The summed E-state index contributed by atoms with van der Waals surface area (Å²) in [6.45, 7) is 0.626. The van der Waals surface area contributed by atoms with Gasteiger partial charge in [0.2, 0.25) is 0 Å². The lowest BCUT2D eigenvalue weighted by Crippen LogP contribution is -2.21. The Morgan fingerprint density at radius 3 is 1.88 bits per heavy atom. The number of hydrogen-bond acceptors (Lipinski definition) is 4. The molecule has 0 radical (unpaired) electrons. The Kier molecular flexibility index (Phi) is 8.77. The minimum absolute atomic E-state index is 0.121. The van der Waals surface area contributed by atoms with Gasteiger partial charge in [-0.25, -0.2) is 9.59 Å². The average molecular weight is 474 g/mol. The fourth-order valence-corrected chi connectivity index (χ4v) is 2.83. The Morgan fingerprint density at radius 1 is 0.853 bits per heavy atom. The zero-order valence-electron chi connectivity index (χ0n) is 17.9. The minimum Gasteiger partial charge on any atom is -0.478 e. The third kappa shape index (κ3) is 7.66. The molecule has 10 heteroatoms. The summed E-state index contributed by atoms with van der Waals surface area (Å²) in [5, 5.41) is 19.3. The molecule has 7 nitrogen and oxygen atoms in total. The van der Waals surface area contributed by atoms with Crippen molar-refractivity contribution in [3.05, 3.63) is 95.6 Å². The highest BCUT2D eigenvalue weighted by Crippen LogP contribution is 2.28. The van der Waals surface area contributed by atoms with Crippen LogP contribution in [0.4, 0.5) is 24.5 Å². The van der Waals surface area contributed by atoms with Crippen molar-refractivity contribution in [1.82, 2.24) is 0 Å². The van der Waals surface area contributed by atoms with Crippen molar-refractivity contribution < 1.29 is 37.8 Å². The summed E-state index contributed by atoms with van der Waals surface area (Å²) in [4.78, 5) is 34.8. The first-order valence-electron chi connectivity index (χ1n) is 9.78. The van der Waals surface area contributed by atoms with Crippen molar-refractivity contribution in [1.29, 1.82) is 0 Å². The van der Waals surface area contributed by atoms with Gasteiger partial charge in [0.15, 0.2) is 0 Å². The monoisotopic (exact) mass is 474 g/mol. The Morgan fingerprint density at radius 2 is 1.38 bits per heavy atom. The number of nitrogens with one attached hydrogen (secondary N) is 1. The normalized spacial score (nSPS) is 10.5. The van der Waals surface area contributed by atoms with Gasteiger partial charge in [0.05, 0.1) is 16.9 Å². The largest absolute Gasteiger partial charge is 0.490 e. The van der Waals surface area contributed by atoms with E-state index in [-0.39, 0.29) is 11.5 Å². The zero-order chi connectivity index (χ0) is 25.3. The van der Waals surface area contributed by atoms with E-state index in [1.54, 1.807) is 30.3 Å². The molecule has 0 fully saturated rings. The van der Waals surface area contributed by atoms with E-state index in [1.165, 1.54) is 12.1 Å². The van der Waals surface area contributed by atoms with Gasteiger partial charge in [-0.1, -0.05) is 48.5 Å². The molecule has 3 aromatic rings. The third-order valence-corrected chi connectivity index (χ3v) is 4.44. The maximum Gasteiger partial charge on any atom is 0.490 e. The summed E-state index contributed by atoms with van der Waals surface area (Å²) < 4.78 is 31.7. The van der Waals surface area contributed by atoms with Crippen LogP contribution < -0.4 is 10.2 Å². The third-order valence-electron chi connectivity index (χ3n) is 4.44. The van der Waals surface area contributed by atoms with Crippen molar-refractivity contribution in [3.8, 4) is 0 Å². The molecule has 178 valence electrons. The van der Waals surface area contributed by atoms with Gasteiger partial charge in [0, 0.05) is 19.2 Å². The molecule has 0 heterocycles. The predicted octanol–water partition coefficient (Wildman–Crippen LogP) is 4.91. The number of benzene rings is 3.